The van der Waals surface area contributed by atoms with Crippen molar-refractivity contribution in [1.82, 2.24) is 5.43 Å². The van der Waals surface area contributed by atoms with Crippen LogP contribution in [-0.4, -0.2) is 24.8 Å². The second-order valence-corrected chi connectivity index (χ2v) is 5.73. The average molecular weight is 391 g/mol. The van der Waals surface area contributed by atoms with Crippen LogP contribution in [0.25, 0.3) is 0 Å². The number of methoxy groups -OCH3 is 1. The maximum absolute atomic E-state index is 13.5. The van der Waals surface area contributed by atoms with Gasteiger partial charge in [-0.05, 0) is 36.8 Å². The molecule has 7 nitrogen and oxygen atoms in total. The van der Waals surface area contributed by atoms with Gasteiger partial charge in [0.1, 0.15) is 24.0 Å². The molecule has 0 aromatic heterocycles. The van der Waals surface area contributed by atoms with Gasteiger partial charge in [-0.3, -0.25) is 4.79 Å². The maximum Gasteiger partial charge on any atom is 0.428 e. The monoisotopic (exact) mass is 391 g/mol. The number of rotatable bonds is 7. The third-order valence-corrected chi connectivity index (χ3v) is 3.49. The first-order chi connectivity index (χ1) is 13.4. The number of carbonyl (C=O) groups is 2. The summed E-state index contributed by atoms with van der Waals surface area (Å²) in [6.45, 7) is 1.54. The fourth-order valence-corrected chi connectivity index (χ4v) is 2.10. The summed E-state index contributed by atoms with van der Waals surface area (Å²) in [7, 11) is 1.55. The molecule has 0 spiro atoms. The van der Waals surface area contributed by atoms with E-state index in [-0.39, 0.29) is 24.4 Å². The number of carbonyl (C=O) groups excluding carboxylic acids is 2. The Kier molecular flexibility index (Phi) is 7.44. The van der Waals surface area contributed by atoms with Crippen LogP contribution < -0.4 is 15.5 Å². The fourth-order valence-electron chi connectivity index (χ4n) is 2.10. The van der Waals surface area contributed by atoms with E-state index in [0.29, 0.717) is 11.8 Å². The van der Waals surface area contributed by atoms with Crippen molar-refractivity contribution in [2.24, 2.45) is 5.10 Å². The molecular formula is C19H19F2N3O4. The van der Waals surface area contributed by atoms with Crippen LogP contribution in [0.4, 0.5) is 19.3 Å². The molecule has 0 aliphatic carbocycles. The zero-order valence-corrected chi connectivity index (χ0v) is 15.3. The van der Waals surface area contributed by atoms with Crippen LogP contribution in [0.2, 0.25) is 0 Å². The first-order valence-corrected chi connectivity index (χ1v) is 8.21. The van der Waals surface area contributed by atoms with Crippen molar-refractivity contribution in [2.75, 3.05) is 12.4 Å². The van der Waals surface area contributed by atoms with Crippen molar-refractivity contribution in [2.45, 2.75) is 20.0 Å². The Morgan fingerprint density at radius 2 is 1.82 bits per heavy atom. The zero-order valence-electron chi connectivity index (χ0n) is 15.3. The number of nitrogens with zero attached hydrogens (tertiary/aromatic N) is 1. The molecule has 0 radical (unpaired) electrons. The van der Waals surface area contributed by atoms with E-state index in [1.165, 1.54) is 6.92 Å². The topological polar surface area (TPSA) is 89.0 Å². The van der Waals surface area contributed by atoms with E-state index in [9.17, 15) is 18.4 Å². The molecule has 28 heavy (non-hydrogen) atoms. The Morgan fingerprint density at radius 1 is 1.11 bits per heavy atom. The molecule has 2 N–H and O–H groups in total. The summed E-state index contributed by atoms with van der Waals surface area (Å²) in [4.78, 5) is 23.5. The molecule has 0 aliphatic heterocycles. The van der Waals surface area contributed by atoms with Crippen LogP contribution in [0.5, 0.6) is 5.75 Å². The number of anilines is 1. The van der Waals surface area contributed by atoms with Gasteiger partial charge in [0.05, 0.1) is 19.2 Å². The van der Waals surface area contributed by atoms with Gasteiger partial charge < -0.3 is 14.8 Å². The molecule has 0 bridgehead atoms. The van der Waals surface area contributed by atoms with Gasteiger partial charge in [0.15, 0.2) is 0 Å². The molecule has 0 saturated heterocycles. The molecule has 2 amide bonds. The van der Waals surface area contributed by atoms with E-state index in [4.69, 9.17) is 9.47 Å². The Balaban J connectivity index is 1.77. The van der Waals surface area contributed by atoms with Crippen molar-refractivity contribution in [3.05, 3.63) is 59.7 Å². The average Bonchev–Trinajstić information content (AvgIpc) is 2.67. The van der Waals surface area contributed by atoms with Gasteiger partial charge in [-0.15, -0.1) is 0 Å². The number of ether oxygens (including phenoxy) is 2. The van der Waals surface area contributed by atoms with Crippen LogP contribution in [0.15, 0.2) is 47.6 Å². The van der Waals surface area contributed by atoms with Crippen molar-refractivity contribution >= 4 is 23.4 Å². The number of hydrazone groups is 1. The van der Waals surface area contributed by atoms with Gasteiger partial charge in [0, 0.05) is 11.8 Å². The predicted molar refractivity (Wildman–Crippen MR) is 99.0 cm³/mol. The first-order valence-electron chi connectivity index (χ1n) is 8.21. The summed E-state index contributed by atoms with van der Waals surface area (Å²) >= 11 is 0. The Labute approximate surface area is 160 Å². The summed E-state index contributed by atoms with van der Waals surface area (Å²) in [6.07, 6.45) is -0.990. The number of hydrogen-bond acceptors (Lipinski definition) is 5. The maximum atomic E-state index is 13.5. The van der Waals surface area contributed by atoms with Crippen molar-refractivity contribution < 1.29 is 27.8 Å². The lowest BCUT2D eigenvalue weighted by atomic mass is 10.2. The lowest BCUT2D eigenvalue weighted by molar-refractivity contribution is -0.115. The lowest BCUT2D eigenvalue weighted by Gasteiger charge is -2.07. The molecule has 148 valence electrons. The molecule has 0 heterocycles. The summed E-state index contributed by atoms with van der Waals surface area (Å²) in [6, 6.07) is 9.78. The molecule has 9 heteroatoms. The van der Waals surface area contributed by atoms with Crippen molar-refractivity contribution in [3.63, 3.8) is 0 Å². The Hall–Kier alpha value is -3.49. The normalized spacial score (nSPS) is 10.9. The summed E-state index contributed by atoms with van der Waals surface area (Å²) < 4.78 is 36.4. The SMILES string of the molecule is COc1ccc(COC(=O)NN=C(C)CC(=O)Nc2ccc(F)cc2F)cc1. The highest BCUT2D eigenvalue weighted by Crippen LogP contribution is 2.15. The first kappa shape index (κ1) is 20.8. The third-order valence-electron chi connectivity index (χ3n) is 3.49. The van der Waals surface area contributed by atoms with Gasteiger partial charge in [0.2, 0.25) is 5.91 Å². The number of amides is 2. The minimum Gasteiger partial charge on any atom is -0.497 e. The fraction of sp³-hybridized carbons (Fsp3) is 0.211. The van der Waals surface area contributed by atoms with Crippen LogP contribution >= 0.6 is 0 Å². The highest BCUT2D eigenvalue weighted by molar-refractivity contribution is 6.05. The van der Waals surface area contributed by atoms with Gasteiger partial charge in [-0.2, -0.15) is 5.10 Å². The highest BCUT2D eigenvalue weighted by Gasteiger charge is 2.10. The number of nitrogens with one attached hydrogen (secondary N) is 2. The molecule has 0 unspecified atom stereocenters. The summed E-state index contributed by atoms with van der Waals surface area (Å²) in [5.41, 5.74) is 3.04. The van der Waals surface area contributed by atoms with Gasteiger partial charge in [0.25, 0.3) is 0 Å². The third kappa shape index (κ3) is 6.67. The molecule has 2 rings (SSSR count). The number of hydrogen-bond donors (Lipinski definition) is 2. The summed E-state index contributed by atoms with van der Waals surface area (Å²) in [5.74, 6) is -1.51. The zero-order chi connectivity index (χ0) is 20.5. The standard InChI is InChI=1S/C19H19F2N3O4/c1-12(9-18(25)22-17-8-5-14(20)10-16(17)21)23-24-19(26)28-11-13-3-6-15(27-2)7-4-13/h3-8,10H,9,11H2,1-2H3,(H,22,25)(H,24,26). The minimum atomic E-state index is -0.886. The molecule has 0 fully saturated rings. The van der Waals surface area contributed by atoms with Crippen LogP contribution in [0.3, 0.4) is 0 Å². The largest absolute Gasteiger partial charge is 0.497 e. The van der Waals surface area contributed by atoms with Crippen LogP contribution in [0, 0.1) is 11.6 Å². The van der Waals surface area contributed by atoms with Gasteiger partial charge in [-0.1, -0.05) is 12.1 Å². The van der Waals surface area contributed by atoms with E-state index >= 15 is 0 Å². The molecule has 2 aromatic carbocycles. The quantitative estimate of drug-likeness (QED) is 0.558. The number of halogens is 2. The molecule has 0 atom stereocenters. The second kappa shape index (κ2) is 10.0. The van der Waals surface area contributed by atoms with E-state index in [2.05, 4.69) is 15.8 Å². The number of benzene rings is 2. The predicted octanol–water partition coefficient (Wildman–Crippen LogP) is 3.60. The molecule has 0 saturated carbocycles. The van der Waals surface area contributed by atoms with Crippen molar-refractivity contribution in [3.8, 4) is 5.75 Å². The van der Waals surface area contributed by atoms with Gasteiger partial charge in [-0.25, -0.2) is 19.0 Å². The Morgan fingerprint density at radius 3 is 2.46 bits per heavy atom. The molecular weight excluding hydrogens is 372 g/mol. The lowest BCUT2D eigenvalue weighted by Crippen LogP contribution is -2.22. The van der Waals surface area contributed by atoms with Crippen LogP contribution in [0.1, 0.15) is 18.9 Å². The van der Waals surface area contributed by atoms with E-state index in [0.717, 1.165) is 17.7 Å². The van der Waals surface area contributed by atoms with Crippen molar-refractivity contribution in [1.29, 1.82) is 0 Å². The molecule has 2 aromatic rings. The second-order valence-electron chi connectivity index (χ2n) is 5.73. The van der Waals surface area contributed by atoms with E-state index < -0.39 is 23.6 Å². The summed E-state index contributed by atoms with van der Waals surface area (Å²) in [5, 5.41) is 6.04. The minimum absolute atomic E-state index is 0.0364. The Bertz CT molecular complexity index is 870. The highest BCUT2D eigenvalue weighted by atomic mass is 19.1. The molecule has 0 aliphatic rings. The smallest absolute Gasteiger partial charge is 0.428 e. The van der Waals surface area contributed by atoms with Crippen LogP contribution in [-0.2, 0) is 16.1 Å². The van der Waals surface area contributed by atoms with E-state index in [1.807, 2.05) is 0 Å². The van der Waals surface area contributed by atoms with Gasteiger partial charge >= 0.3 is 6.09 Å². The van der Waals surface area contributed by atoms with E-state index in [1.54, 1.807) is 31.4 Å².